The number of nitrogens with one attached hydrogen (secondary N) is 1. The highest BCUT2D eigenvalue weighted by Crippen LogP contribution is 2.36. The second kappa shape index (κ2) is 7.10. The monoisotopic (exact) mass is 389 g/mol. The molecule has 29 heavy (non-hydrogen) atoms. The topological polar surface area (TPSA) is 102 Å². The van der Waals surface area contributed by atoms with Gasteiger partial charge in [-0.3, -0.25) is 9.89 Å². The van der Waals surface area contributed by atoms with E-state index in [1.54, 1.807) is 23.1 Å². The number of aldehydes is 1. The maximum Gasteiger partial charge on any atom is 0.163 e. The van der Waals surface area contributed by atoms with Gasteiger partial charge in [0.25, 0.3) is 0 Å². The first-order valence-electron chi connectivity index (χ1n) is 9.39. The number of fused-ring (bicyclic) bond motifs is 1. The third kappa shape index (κ3) is 3.05. The molecule has 4 heterocycles. The highest BCUT2D eigenvalue weighted by molar-refractivity contribution is 5.87. The van der Waals surface area contributed by atoms with Crippen LogP contribution in [0.3, 0.4) is 0 Å². The van der Waals surface area contributed by atoms with Crippen molar-refractivity contribution in [1.29, 1.82) is 0 Å². The number of rotatable bonds is 4. The molecule has 9 nitrogen and oxygen atoms in total. The third-order valence-electron chi connectivity index (χ3n) is 5.04. The number of para-hydroxylation sites is 1. The van der Waals surface area contributed by atoms with E-state index in [0.717, 1.165) is 41.7 Å². The molecule has 5 rings (SSSR count). The molecule has 1 aliphatic rings. The summed E-state index contributed by atoms with van der Waals surface area (Å²) in [6.45, 7) is 4.21. The first kappa shape index (κ1) is 17.5. The van der Waals surface area contributed by atoms with Gasteiger partial charge in [0.05, 0.1) is 30.3 Å². The number of ether oxygens (including phenoxy) is 1. The minimum Gasteiger partial charge on any atom is -0.375 e. The zero-order valence-electron chi connectivity index (χ0n) is 15.8. The van der Waals surface area contributed by atoms with Crippen LogP contribution in [-0.2, 0) is 4.74 Å². The average Bonchev–Trinajstić information content (AvgIpc) is 3.43. The van der Waals surface area contributed by atoms with Crippen LogP contribution in [0.5, 0.6) is 0 Å². The number of nitrogens with zero attached hydrogens (tertiary/aromatic N) is 6. The van der Waals surface area contributed by atoms with Gasteiger partial charge in [0.15, 0.2) is 17.8 Å². The number of pyridine rings is 1. The van der Waals surface area contributed by atoms with Crippen LogP contribution in [0.15, 0.2) is 43.0 Å². The van der Waals surface area contributed by atoms with Gasteiger partial charge >= 0.3 is 0 Å². The Bertz CT molecular complexity index is 1170. The molecule has 146 valence electrons. The maximum absolute atomic E-state index is 11.1. The second-order valence-corrected chi connectivity index (χ2v) is 6.99. The number of carbonyl (C=O) groups is 1. The summed E-state index contributed by atoms with van der Waals surface area (Å²) in [5.41, 5.74) is 4.02. The Balaban J connectivity index is 1.73. The summed E-state index contributed by atoms with van der Waals surface area (Å²) < 4.78 is 7.55. The van der Waals surface area contributed by atoms with Crippen molar-refractivity contribution >= 4 is 23.0 Å². The van der Waals surface area contributed by atoms with E-state index in [4.69, 9.17) is 4.74 Å². The van der Waals surface area contributed by atoms with Gasteiger partial charge in [-0.1, -0.05) is 6.07 Å². The predicted octanol–water partition coefficient (Wildman–Crippen LogP) is 2.24. The number of benzene rings is 1. The van der Waals surface area contributed by atoms with E-state index in [0.29, 0.717) is 23.6 Å². The minimum absolute atomic E-state index is 0.113. The molecule has 3 aromatic heterocycles. The Kier molecular flexibility index (Phi) is 4.28. The standard InChI is InChI=1S/C20H19N7O2/c1-13-10-26(5-6-29-13)18-16(19-22-12-23-25-19)3-2-4-17(18)27-20-15(9-24-27)7-14(11-28)8-21-20/h2-4,7-9,11-13H,5-6,10H2,1H3,(H,22,23,25)/t13-/m1/s1. The Morgan fingerprint density at radius 3 is 3.00 bits per heavy atom. The molecule has 0 radical (unpaired) electrons. The first-order valence-corrected chi connectivity index (χ1v) is 9.39. The lowest BCUT2D eigenvalue weighted by atomic mass is 10.1. The molecule has 1 atom stereocenters. The summed E-state index contributed by atoms with van der Waals surface area (Å²) in [7, 11) is 0. The fourth-order valence-electron chi connectivity index (χ4n) is 3.76. The zero-order valence-corrected chi connectivity index (χ0v) is 15.8. The van der Waals surface area contributed by atoms with Crippen LogP contribution in [0, 0.1) is 0 Å². The van der Waals surface area contributed by atoms with Crippen molar-refractivity contribution in [2.24, 2.45) is 0 Å². The molecule has 1 fully saturated rings. The summed E-state index contributed by atoms with van der Waals surface area (Å²) in [5, 5.41) is 12.4. The molecule has 1 aliphatic heterocycles. The summed E-state index contributed by atoms with van der Waals surface area (Å²) in [6.07, 6.45) is 5.68. The van der Waals surface area contributed by atoms with Crippen molar-refractivity contribution in [3.8, 4) is 17.1 Å². The predicted molar refractivity (Wildman–Crippen MR) is 107 cm³/mol. The molecule has 0 saturated carbocycles. The maximum atomic E-state index is 11.1. The SMILES string of the molecule is C[C@@H]1CN(c2c(-c3ncn[nH]3)cccc2-n2ncc3cc(C=O)cnc32)CCO1. The molecule has 1 N–H and O–H groups in total. The third-order valence-corrected chi connectivity index (χ3v) is 5.04. The Labute approximate surface area is 166 Å². The summed E-state index contributed by atoms with van der Waals surface area (Å²) >= 11 is 0. The Morgan fingerprint density at radius 2 is 2.21 bits per heavy atom. The molecule has 4 aromatic rings. The quantitative estimate of drug-likeness (QED) is 0.534. The summed E-state index contributed by atoms with van der Waals surface area (Å²) in [4.78, 5) is 22.2. The highest BCUT2D eigenvalue weighted by atomic mass is 16.5. The van der Waals surface area contributed by atoms with E-state index in [9.17, 15) is 4.79 Å². The van der Waals surface area contributed by atoms with Gasteiger partial charge in [-0.15, -0.1) is 0 Å². The molecule has 1 aromatic carbocycles. The van der Waals surface area contributed by atoms with E-state index in [2.05, 4.69) is 37.1 Å². The molecule has 0 spiro atoms. The number of hydrogen-bond donors (Lipinski definition) is 1. The number of H-pyrrole nitrogens is 1. The molecule has 1 saturated heterocycles. The molecule has 9 heteroatoms. The van der Waals surface area contributed by atoms with Crippen molar-refractivity contribution in [3.63, 3.8) is 0 Å². The number of aromatic amines is 1. The lowest BCUT2D eigenvalue weighted by molar-refractivity contribution is 0.0532. The normalized spacial score (nSPS) is 17.0. The van der Waals surface area contributed by atoms with Gasteiger partial charge in [-0.05, 0) is 25.1 Å². The second-order valence-electron chi connectivity index (χ2n) is 6.99. The van der Waals surface area contributed by atoms with Crippen molar-refractivity contribution in [1.82, 2.24) is 29.9 Å². The molecular formula is C20H19N7O2. The van der Waals surface area contributed by atoms with Crippen LogP contribution in [0.25, 0.3) is 28.1 Å². The van der Waals surface area contributed by atoms with Gasteiger partial charge in [-0.25, -0.2) is 14.6 Å². The fourth-order valence-corrected chi connectivity index (χ4v) is 3.76. The van der Waals surface area contributed by atoms with Crippen molar-refractivity contribution in [2.45, 2.75) is 13.0 Å². The van der Waals surface area contributed by atoms with Crippen LogP contribution in [0.1, 0.15) is 17.3 Å². The van der Waals surface area contributed by atoms with E-state index < -0.39 is 0 Å². The Morgan fingerprint density at radius 1 is 1.28 bits per heavy atom. The van der Waals surface area contributed by atoms with Gasteiger partial charge in [-0.2, -0.15) is 10.2 Å². The van der Waals surface area contributed by atoms with Crippen LogP contribution >= 0.6 is 0 Å². The van der Waals surface area contributed by atoms with Gasteiger partial charge < -0.3 is 9.64 Å². The van der Waals surface area contributed by atoms with Crippen LogP contribution < -0.4 is 4.90 Å². The molecule has 0 aliphatic carbocycles. The van der Waals surface area contributed by atoms with Crippen molar-refractivity contribution in [2.75, 3.05) is 24.6 Å². The fraction of sp³-hybridized carbons (Fsp3) is 0.250. The van der Waals surface area contributed by atoms with Gasteiger partial charge in [0.1, 0.15) is 6.33 Å². The Hall–Kier alpha value is -3.59. The van der Waals surface area contributed by atoms with Crippen molar-refractivity contribution < 1.29 is 9.53 Å². The van der Waals surface area contributed by atoms with E-state index in [-0.39, 0.29) is 6.10 Å². The molecular weight excluding hydrogens is 370 g/mol. The average molecular weight is 389 g/mol. The van der Waals surface area contributed by atoms with E-state index in [1.165, 1.54) is 6.33 Å². The van der Waals surface area contributed by atoms with Gasteiger partial charge in [0, 0.05) is 35.8 Å². The number of carbonyl (C=O) groups excluding carboxylic acids is 1. The zero-order chi connectivity index (χ0) is 19.8. The lowest BCUT2D eigenvalue weighted by Gasteiger charge is -2.35. The summed E-state index contributed by atoms with van der Waals surface area (Å²) in [6, 6.07) is 7.78. The highest BCUT2D eigenvalue weighted by Gasteiger charge is 2.25. The lowest BCUT2D eigenvalue weighted by Crippen LogP contribution is -2.41. The molecule has 0 unspecified atom stereocenters. The largest absolute Gasteiger partial charge is 0.375 e. The molecule has 0 amide bonds. The van der Waals surface area contributed by atoms with E-state index in [1.807, 2.05) is 18.2 Å². The number of morpholine rings is 1. The molecule has 0 bridgehead atoms. The number of aromatic nitrogens is 6. The van der Waals surface area contributed by atoms with Crippen LogP contribution in [0.4, 0.5) is 5.69 Å². The summed E-state index contributed by atoms with van der Waals surface area (Å²) in [5.74, 6) is 0.689. The number of hydrogen-bond acceptors (Lipinski definition) is 7. The first-order chi connectivity index (χ1) is 14.2. The van der Waals surface area contributed by atoms with Crippen LogP contribution in [-0.4, -0.2) is 62.0 Å². The van der Waals surface area contributed by atoms with Crippen LogP contribution in [0.2, 0.25) is 0 Å². The van der Waals surface area contributed by atoms with E-state index >= 15 is 0 Å². The number of anilines is 1. The van der Waals surface area contributed by atoms with Gasteiger partial charge in [0.2, 0.25) is 0 Å². The minimum atomic E-state index is 0.113. The van der Waals surface area contributed by atoms with Crippen molar-refractivity contribution in [3.05, 3.63) is 48.5 Å². The smallest absolute Gasteiger partial charge is 0.163 e.